The minimum Gasteiger partial charge on any atom is -0.550 e. The van der Waals surface area contributed by atoms with Crippen LogP contribution in [0.4, 0.5) is 0 Å². The predicted octanol–water partition coefficient (Wildman–Crippen LogP) is -0.554. The van der Waals surface area contributed by atoms with E-state index in [9.17, 15) is 0 Å². The Morgan fingerprint density at radius 3 is 1.29 bits per heavy atom. The van der Waals surface area contributed by atoms with Crippen molar-refractivity contribution in [3.63, 3.8) is 0 Å². The van der Waals surface area contributed by atoms with Crippen molar-refractivity contribution in [1.82, 2.24) is 9.97 Å². The Morgan fingerprint density at radius 1 is 0.833 bits per heavy atom. The molecule has 2 aromatic heterocycles. The van der Waals surface area contributed by atoms with E-state index in [1.807, 2.05) is 36.7 Å². The predicted molar refractivity (Wildman–Crippen MR) is 81.9 cm³/mol. The third-order valence-electron chi connectivity index (χ3n) is 2.09. The molecule has 7 nitrogen and oxygen atoms in total. The first-order valence-electron chi connectivity index (χ1n) is 6.43. The standard InChI is InChI=1S/C12H12N2.2C2H4O2.Cu.H2O/c1-9-3-5-13-11(7-9)12-8-10(2)4-6-14-12;2*1-2(3)4;;/h3-8H,1-2H3;2*1H3,(H,3,4);;1H2/q;;;+2;/p-2. The number of carbonyl (C=O) groups excluding carboxylic acids is 2. The number of pyridine rings is 2. The third-order valence-corrected chi connectivity index (χ3v) is 2.09. The van der Waals surface area contributed by atoms with Crippen molar-refractivity contribution in [1.29, 1.82) is 0 Å². The topological polar surface area (TPSA) is 138 Å². The Morgan fingerprint density at radius 2 is 1.08 bits per heavy atom. The summed E-state index contributed by atoms with van der Waals surface area (Å²) in [5, 5.41) is 17.8. The van der Waals surface area contributed by atoms with E-state index in [0.29, 0.717) is 0 Å². The van der Waals surface area contributed by atoms with Crippen LogP contribution in [0.1, 0.15) is 25.0 Å². The first-order valence-corrected chi connectivity index (χ1v) is 6.43. The second-order valence-electron chi connectivity index (χ2n) is 4.42. The number of carbonyl (C=O) groups is 2. The van der Waals surface area contributed by atoms with Gasteiger partial charge in [0.15, 0.2) is 0 Å². The van der Waals surface area contributed by atoms with Crippen LogP contribution < -0.4 is 10.2 Å². The zero-order valence-electron chi connectivity index (χ0n) is 13.8. The first-order chi connectivity index (χ1) is 10.2. The van der Waals surface area contributed by atoms with Crippen molar-refractivity contribution in [2.24, 2.45) is 0 Å². The van der Waals surface area contributed by atoms with E-state index < -0.39 is 11.9 Å². The average Bonchev–Trinajstić information content (AvgIpc) is 2.37. The molecule has 135 valence electrons. The van der Waals surface area contributed by atoms with E-state index in [1.165, 1.54) is 11.1 Å². The number of rotatable bonds is 1. The van der Waals surface area contributed by atoms with Crippen molar-refractivity contribution in [3.05, 3.63) is 47.8 Å². The van der Waals surface area contributed by atoms with Crippen LogP contribution in [0.15, 0.2) is 36.7 Å². The molecule has 24 heavy (non-hydrogen) atoms. The maximum Gasteiger partial charge on any atom is 2.00 e. The molecule has 0 amide bonds. The van der Waals surface area contributed by atoms with Gasteiger partial charge in [0.1, 0.15) is 0 Å². The van der Waals surface area contributed by atoms with E-state index in [-0.39, 0.29) is 22.5 Å². The molecule has 2 heterocycles. The van der Waals surface area contributed by atoms with Gasteiger partial charge >= 0.3 is 17.1 Å². The number of nitrogens with zero attached hydrogens (tertiary/aromatic N) is 2. The van der Waals surface area contributed by atoms with Gasteiger partial charge in [0.05, 0.1) is 11.4 Å². The minimum absolute atomic E-state index is 0. The van der Waals surface area contributed by atoms with Crippen molar-refractivity contribution >= 4 is 11.9 Å². The molecule has 0 saturated heterocycles. The molecule has 0 fully saturated rings. The SMILES string of the molecule is CC(=O)[O-].CC(=O)[O-].Cc1ccnc(-c2cc(C)ccn2)c1.O.[Cu+2]. The summed E-state index contributed by atoms with van der Waals surface area (Å²) in [6, 6.07) is 8.06. The Bertz CT molecular complexity index is 572. The third kappa shape index (κ3) is 14.6. The number of carboxylic acid groups (broad SMARTS) is 2. The maximum absolute atomic E-state index is 8.89. The van der Waals surface area contributed by atoms with Gasteiger partial charge in [0.2, 0.25) is 0 Å². The molecule has 0 aromatic carbocycles. The molecular formula is C16H20CuN2O5. The van der Waals surface area contributed by atoms with Crippen molar-refractivity contribution in [2.75, 3.05) is 0 Å². The maximum atomic E-state index is 8.89. The average molecular weight is 384 g/mol. The molecule has 0 spiro atoms. The molecule has 2 aromatic rings. The molecule has 1 radical (unpaired) electrons. The van der Waals surface area contributed by atoms with Crippen molar-refractivity contribution in [3.8, 4) is 11.4 Å². The molecule has 0 atom stereocenters. The molecule has 0 saturated carbocycles. The zero-order valence-corrected chi connectivity index (χ0v) is 14.7. The second kappa shape index (κ2) is 14.3. The van der Waals surface area contributed by atoms with Gasteiger partial charge in [-0.25, -0.2) is 0 Å². The number of aryl methyl sites for hydroxylation is 2. The molecule has 0 aliphatic rings. The number of aliphatic carboxylic acids is 2. The van der Waals surface area contributed by atoms with Crippen LogP contribution in [-0.2, 0) is 26.7 Å². The van der Waals surface area contributed by atoms with E-state index >= 15 is 0 Å². The number of hydrogen-bond donors (Lipinski definition) is 0. The van der Waals surface area contributed by atoms with Gasteiger partial charge in [-0.2, -0.15) is 0 Å². The molecule has 0 unspecified atom stereocenters. The molecule has 2 rings (SSSR count). The Hall–Kier alpha value is -2.28. The fourth-order valence-corrected chi connectivity index (χ4v) is 1.35. The zero-order chi connectivity index (χ0) is 17.1. The summed E-state index contributed by atoms with van der Waals surface area (Å²) < 4.78 is 0. The van der Waals surface area contributed by atoms with Gasteiger partial charge in [-0.05, 0) is 63.1 Å². The summed E-state index contributed by atoms with van der Waals surface area (Å²) in [4.78, 5) is 26.4. The van der Waals surface area contributed by atoms with E-state index in [4.69, 9.17) is 19.8 Å². The van der Waals surface area contributed by atoms with Crippen LogP contribution in [0.25, 0.3) is 11.4 Å². The van der Waals surface area contributed by atoms with Gasteiger partial charge in [-0.3, -0.25) is 9.97 Å². The summed E-state index contributed by atoms with van der Waals surface area (Å²) >= 11 is 0. The first kappa shape index (κ1) is 26.6. The van der Waals surface area contributed by atoms with Crippen LogP contribution >= 0.6 is 0 Å². The van der Waals surface area contributed by atoms with Crippen molar-refractivity contribution < 1.29 is 42.3 Å². The normalized spacial score (nSPS) is 8.00. The molecule has 0 aliphatic carbocycles. The van der Waals surface area contributed by atoms with E-state index in [0.717, 1.165) is 25.2 Å². The Balaban J connectivity index is -0.000000378. The van der Waals surface area contributed by atoms with Crippen molar-refractivity contribution in [2.45, 2.75) is 27.7 Å². The molecule has 2 N–H and O–H groups in total. The quantitative estimate of drug-likeness (QED) is 0.605. The summed E-state index contributed by atoms with van der Waals surface area (Å²) in [6.45, 7) is 6.06. The fourth-order valence-electron chi connectivity index (χ4n) is 1.35. The Kier molecular flexibility index (Phi) is 15.9. The summed E-state index contributed by atoms with van der Waals surface area (Å²) in [5.41, 5.74) is 4.29. The second-order valence-corrected chi connectivity index (χ2v) is 4.42. The monoisotopic (exact) mass is 383 g/mol. The fraction of sp³-hybridized carbons (Fsp3) is 0.250. The number of carboxylic acids is 2. The number of hydrogen-bond acceptors (Lipinski definition) is 6. The van der Waals surface area contributed by atoms with Crippen LogP contribution in [-0.4, -0.2) is 27.4 Å². The molecule has 0 aliphatic heterocycles. The van der Waals surface area contributed by atoms with Gasteiger partial charge in [0, 0.05) is 24.3 Å². The smallest absolute Gasteiger partial charge is 0.550 e. The largest absolute Gasteiger partial charge is 2.00 e. The van der Waals surface area contributed by atoms with E-state index in [1.54, 1.807) is 0 Å². The Labute approximate surface area is 151 Å². The molecular weight excluding hydrogens is 364 g/mol. The summed E-state index contributed by atoms with van der Waals surface area (Å²) in [5.74, 6) is -2.17. The molecule has 8 heteroatoms. The van der Waals surface area contributed by atoms with Gasteiger partial charge in [0.25, 0.3) is 0 Å². The van der Waals surface area contributed by atoms with Gasteiger partial charge in [-0.1, -0.05) is 0 Å². The van der Waals surface area contributed by atoms with Gasteiger partial charge < -0.3 is 25.3 Å². The summed E-state index contributed by atoms with van der Waals surface area (Å²) in [7, 11) is 0. The minimum atomic E-state index is -1.08. The molecule has 0 bridgehead atoms. The summed E-state index contributed by atoms with van der Waals surface area (Å²) in [6.07, 6.45) is 3.63. The van der Waals surface area contributed by atoms with Crippen LogP contribution in [0.2, 0.25) is 0 Å². The van der Waals surface area contributed by atoms with Crippen LogP contribution in [0, 0.1) is 13.8 Å². The van der Waals surface area contributed by atoms with E-state index in [2.05, 4.69) is 23.8 Å². The number of aromatic nitrogens is 2. The van der Waals surface area contributed by atoms with Crippen LogP contribution in [0.5, 0.6) is 0 Å². The van der Waals surface area contributed by atoms with Crippen LogP contribution in [0.3, 0.4) is 0 Å². The van der Waals surface area contributed by atoms with Gasteiger partial charge in [-0.15, -0.1) is 0 Å².